The molecule has 1 aromatic carbocycles. The number of nitrogens with zero attached hydrogens (tertiary/aromatic N) is 1. The topological polar surface area (TPSA) is 58.6 Å². The second-order valence-electron chi connectivity index (χ2n) is 5.09. The summed E-state index contributed by atoms with van der Waals surface area (Å²) in [5.41, 5.74) is 0.808. The SMILES string of the molecule is CC[C@@H](C)Oc1ccc(/C=C2\C(=O)NC(=S)N(C)C2=O)cc1. The van der Waals surface area contributed by atoms with E-state index in [1.54, 1.807) is 18.2 Å². The molecule has 0 aliphatic carbocycles. The first kappa shape index (κ1) is 16.2. The summed E-state index contributed by atoms with van der Waals surface area (Å²) in [6, 6.07) is 7.24. The lowest BCUT2D eigenvalue weighted by atomic mass is 10.1. The van der Waals surface area contributed by atoms with Gasteiger partial charge in [-0.3, -0.25) is 19.8 Å². The first-order valence-electron chi connectivity index (χ1n) is 7.04. The van der Waals surface area contributed by atoms with Crippen molar-refractivity contribution in [1.82, 2.24) is 10.2 Å². The Hall–Kier alpha value is -2.21. The van der Waals surface area contributed by atoms with Gasteiger partial charge in [0.2, 0.25) is 0 Å². The molecule has 22 heavy (non-hydrogen) atoms. The molecule has 0 spiro atoms. The van der Waals surface area contributed by atoms with Crippen LogP contribution >= 0.6 is 12.2 Å². The van der Waals surface area contributed by atoms with Gasteiger partial charge in [0.25, 0.3) is 11.8 Å². The first-order chi connectivity index (χ1) is 10.4. The van der Waals surface area contributed by atoms with E-state index in [0.29, 0.717) is 0 Å². The van der Waals surface area contributed by atoms with Gasteiger partial charge in [0.15, 0.2) is 5.11 Å². The minimum atomic E-state index is -0.479. The van der Waals surface area contributed by atoms with Crippen LogP contribution in [0.5, 0.6) is 5.75 Å². The van der Waals surface area contributed by atoms with Gasteiger partial charge in [0.05, 0.1) is 6.10 Å². The summed E-state index contributed by atoms with van der Waals surface area (Å²) < 4.78 is 5.69. The number of amides is 2. The van der Waals surface area contributed by atoms with Crippen LogP contribution in [0.1, 0.15) is 25.8 Å². The molecule has 2 rings (SSSR count). The summed E-state index contributed by atoms with van der Waals surface area (Å²) in [4.78, 5) is 25.2. The maximum Gasteiger partial charge on any atom is 0.265 e. The number of carbonyl (C=O) groups is 2. The Morgan fingerprint density at radius 1 is 1.32 bits per heavy atom. The molecule has 0 bridgehead atoms. The van der Waals surface area contributed by atoms with Gasteiger partial charge < -0.3 is 4.74 Å². The quantitative estimate of drug-likeness (QED) is 0.525. The molecule has 0 radical (unpaired) electrons. The van der Waals surface area contributed by atoms with Gasteiger partial charge in [-0.2, -0.15) is 0 Å². The predicted octanol–water partition coefficient (Wildman–Crippen LogP) is 2.12. The molecular weight excluding hydrogens is 300 g/mol. The molecule has 116 valence electrons. The highest BCUT2D eigenvalue weighted by Gasteiger charge is 2.30. The molecule has 1 aliphatic rings. The van der Waals surface area contributed by atoms with Gasteiger partial charge in [0, 0.05) is 7.05 Å². The van der Waals surface area contributed by atoms with Crippen LogP contribution in [0.15, 0.2) is 29.8 Å². The van der Waals surface area contributed by atoms with Crippen molar-refractivity contribution >= 4 is 35.2 Å². The monoisotopic (exact) mass is 318 g/mol. The highest BCUT2D eigenvalue weighted by molar-refractivity contribution is 7.80. The minimum Gasteiger partial charge on any atom is -0.491 e. The number of benzene rings is 1. The zero-order chi connectivity index (χ0) is 16.3. The average molecular weight is 318 g/mol. The average Bonchev–Trinajstić information content (AvgIpc) is 2.51. The van der Waals surface area contributed by atoms with Crippen LogP contribution < -0.4 is 10.1 Å². The van der Waals surface area contributed by atoms with E-state index < -0.39 is 11.8 Å². The lowest BCUT2D eigenvalue weighted by molar-refractivity contribution is -0.128. The van der Waals surface area contributed by atoms with Crippen molar-refractivity contribution in [3.63, 3.8) is 0 Å². The molecule has 1 heterocycles. The van der Waals surface area contributed by atoms with Crippen molar-refractivity contribution in [2.24, 2.45) is 0 Å². The van der Waals surface area contributed by atoms with Crippen LogP contribution in [0.3, 0.4) is 0 Å². The van der Waals surface area contributed by atoms with Crippen molar-refractivity contribution < 1.29 is 14.3 Å². The van der Waals surface area contributed by atoms with Crippen LogP contribution in [0.4, 0.5) is 0 Å². The zero-order valence-corrected chi connectivity index (χ0v) is 13.6. The third-order valence-corrected chi connectivity index (χ3v) is 3.78. The van der Waals surface area contributed by atoms with Crippen molar-refractivity contribution in [2.75, 3.05) is 7.05 Å². The maximum absolute atomic E-state index is 12.1. The van der Waals surface area contributed by atoms with E-state index in [2.05, 4.69) is 12.2 Å². The molecule has 0 unspecified atom stereocenters. The van der Waals surface area contributed by atoms with E-state index in [-0.39, 0.29) is 16.8 Å². The minimum absolute atomic E-state index is 0.0618. The summed E-state index contributed by atoms with van der Waals surface area (Å²) in [5, 5.41) is 2.59. The lowest BCUT2D eigenvalue weighted by Crippen LogP contribution is -2.52. The van der Waals surface area contributed by atoms with E-state index in [0.717, 1.165) is 17.7 Å². The van der Waals surface area contributed by atoms with Crippen molar-refractivity contribution in [3.05, 3.63) is 35.4 Å². The van der Waals surface area contributed by atoms with Crippen molar-refractivity contribution in [3.8, 4) is 5.75 Å². The fourth-order valence-electron chi connectivity index (χ4n) is 1.87. The number of nitrogens with one attached hydrogen (secondary N) is 1. The van der Waals surface area contributed by atoms with E-state index in [9.17, 15) is 9.59 Å². The van der Waals surface area contributed by atoms with Gasteiger partial charge in [-0.25, -0.2) is 0 Å². The molecule has 1 saturated heterocycles. The third kappa shape index (κ3) is 3.51. The fourth-order valence-corrected chi connectivity index (χ4v) is 2.05. The largest absolute Gasteiger partial charge is 0.491 e. The number of carbonyl (C=O) groups excluding carboxylic acids is 2. The maximum atomic E-state index is 12.1. The smallest absolute Gasteiger partial charge is 0.265 e. The Balaban J connectivity index is 2.20. The van der Waals surface area contributed by atoms with Crippen LogP contribution in [0, 0.1) is 0 Å². The number of hydrogen-bond donors (Lipinski definition) is 1. The highest BCUT2D eigenvalue weighted by atomic mass is 32.1. The lowest BCUT2D eigenvalue weighted by Gasteiger charge is -2.25. The number of ether oxygens (including phenoxy) is 1. The first-order valence-corrected chi connectivity index (χ1v) is 7.45. The molecule has 1 N–H and O–H groups in total. The van der Waals surface area contributed by atoms with Gasteiger partial charge in [-0.15, -0.1) is 0 Å². The summed E-state index contributed by atoms with van der Waals surface area (Å²) >= 11 is 4.90. The van der Waals surface area contributed by atoms with E-state index in [1.165, 1.54) is 11.9 Å². The summed E-state index contributed by atoms with van der Waals surface area (Å²) in [5.74, 6) is -0.129. The third-order valence-electron chi connectivity index (χ3n) is 3.41. The van der Waals surface area contributed by atoms with Gasteiger partial charge >= 0.3 is 0 Å². The molecule has 0 saturated carbocycles. The van der Waals surface area contributed by atoms with E-state index in [1.807, 2.05) is 19.1 Å². The second kappa shape index (κ2) is 6.70. The van der Waals surface area contributed by atoms with Crippen LogP contribution in [0.2, 0.25) is 0 Å². The van der Waals surface area contributed by atoms with E-state index in [4.69, 9.17) is 17.0 Å². The Morgan fingerprint density at radius 3 is 2.55 bits per heavy atom. The molecule has 1 aromatic rings. The highest BCUT2D eigenvalue weighted by Crippen LogP contribution is 2.18. The van der Waals surface area contributed by atoms with Crippen LogP contribution in [-0.4, -0.2) is 35.0 Å². The zero-order valence-electron chi connectivity index (χ0n) is 12.8. The Morgan fingerprint density at radius 2 is 1.95 bits per heavy atom. The predicted molar refractivity (Wildman–Crippen MR) is 88.3 cm³/mol. The molecular formula is C16H18N2O3S. The van der Waals surface area contributed by atoms with E-state index >= 15 is 0 Å². The number of likely N-dealkylation sites (N-methyl/N-ethyl adjacent to an activating group) is 1. The second-order valence-corrected chi connectivity index (χ2v) is 5.47. The Labute approximate surface area is 134 Å². The number of rotatable bonds is 4. The summed E-state index contributed by atoms with van der Waals surface area (Å²) in [6.45, 7) is 4.05. The van der Waals surface area contributed by atoms with Crippen molar-refractivity contribution in [1.29, 1.82) is 0 Å². The summed E-state index contributed by atoms with van der Waals surface area (Å²) in [7, 11) is 1.53. The number of hydrogen-bond acceptors (Lipinski definition) is 4. The van der Waals surface area contributed by atoms with Gasteiger partial charge in [-0.1, -0.05) is 19.1 Å². The molecule has 0 aromatic heterocycles. The molecule has 1 atom stereocenters. The molecule has 1 aliphatic heterocycles. The Kier molecular flexibility index (Phi) is 4.92. The standard InChI is InChI=1S/C16H18N2O3S/c1-4-10(2)21-12-7-5-11(6-8-12)9-13-14(19)17-16(22)18(3)15(13)20/h5-10H,4H2,1-3H3,(H,17,19,22)/b13-9+/t10-/m1/s1. The van der Waals surface area contributed by atoms with Gasteiger partial charge in [0.1, 0.15) is 11.3 Å². The normalized spacial score (nSPS) is 18.4. The number of thiocarbonyl (C=S) groups is 1. The molecule has 5 nitrogen and oxygen atoms in total. The van der Waals surface area contributed by atoms with Crippen molar-refractivity contribution in [2.45, 2.75) is 26.4 Å². The summed E-state index contributed by atoms with van der Waals surface area (Å²) in [6.07, 6.45) is 2.61. The van der Waals surface area contributed by atoms with Gasteiger partial charge in [-0.05, 0) is 49.3 Å². The Bertz CT molecular complexity index is 637. The fraction of sp³-hybridized carbons (Fsp3) is 0.312. The van der Waals surface area contributed by atoms with Crippen LogP contribution in [0.25, 0.3) is 6.08 Å². The molecule has 6 heteroatoms. The molecule has 1 fully saturated rings. The van der Waals surface area contributed by atoms with Crippen LogP contribution in [-0.2, 0) is 9.59 Å². The molecule has 2 amide bonds.